The molecular weight excluding hydrogens is 388 g/mol. The predicted octanol–water partition coefficient (Wildman–Crippen LogP) is 3.26. The SMILES string of the molecule is Cc1ccccc1CN1CCN(S(=O)(=O)c2ccc(Br)cc2)CC1. The summed E-state index contributed by atoms with van der Waals surface area (Å²) >= 11 is 3.34. The molecule has 3 rings (SSSR count). The van der Waals surface area contributed by atoms with Gasteiger partial charge in [0.25, 0.3) is 0 Å². The fourth-order valence-corrected chi connectivity index (χ4v) is 4.60. The van der Waals surface area contributed by atoms with Crippen molar-refractivity contribution in [1.82, 2.24) is 9.21 Å². The molecular formula is C18H21BrN2O2S. The normalized spacial score (nSPS) is 17.1. The number of halogens is 1. The molecule has 128 valence electrons. The van der Waals surface area contributed by atoms with Crippen molar-refractivity contribution >= 4 is 26.0 Å². The third-order valence-electron chi connectivity index (χ3n) is 4.44. The highest BCUT2D eigenvalue weighted by Gasteiger charge is 2.28. The van der Waals surface area contributed by atoms with Gasteiger partial charge in [0, 0.05) is 37.2 Å². The first-order valence-corrected chi connectivity index (χ1v) is 10.2. The van der Waals surface area contributed by atoms with Crippen LogP contribution in [0.4, 0.5) is 0 Å². The maximum Gasteiger partial charge on any atom is 0.243 e. The van der Waals surface area contributed by atoms with E-state index in [1.165, 1.54) is 11.1 Å². The van der Waals surface area contributed by atoms with Crippen molar-refractivity contribution in [2.24, 2.45) is 0 Å². The lowest BCUT2D eigenvalue weighted by molar-refractivity contribution is 0.181. The monoisotopic (exact) mass is 408 g/mol. The zero-order valence-corrected chi connectivity index (χ0v) is 16.1. The lowest BCUT2D eigenvalue weighted by Crippen LogP contribution is -2.48. The zero-order chi connectivity index (χ0) is 17.2. The summed E-state index contributed by atoms with van der Waals surface area (Å²) in [7, 11) is -3.40. The predicted molar refractivity (Wildman–Crippen MR) is 99.4 cm³/mol. The van der Waals surface area contributed by atoms with Crippen LogP contribution in [0.2, 0.25) is 0 Å². The van der Waals surface area contributed by atoms with Crippen LogP contribution >= 0.6 is 15.9 Å². The molecule has 1 fully saturated rings. The van der Waals surface area contributed by atoms with Crippen molar-refractivity contribution in [2.45, 2.75) is 18.4 Å². The van der Waals surface area contributed by atoms with Gasteiger partial charge in [-0.2, -0.15) is 4.31 Å². The minimum atomic E-state index is -3.40. The molecule has 0 unspecified atom stereocenters. The van der Waals surface area contributed by atoms with E-state index in [4.69, 9.17) is 0 Å². The molecule has 0 bridgehead atoms. The molecule has 1 aliphatic heterocycles. The smallest absolute Gasteiger partial charge is 0.243 e. The highest BCUT2D eigenvalue weighted by atomic mass is 79.9. The Kier molecular flexibility index (Phi) is 5.39. The summed E-state index contributed by atoms with van der Waals surface area (Å²) in [6.45, 7) is 5.56. The van der Waals surface area contributed by atoms with Crippen molar-refractivity contribution in [3.8, 4) is 0 Å². The van der Waals surface area contributed by atoms with Crippen LogP contribution in [0.1, 0.15) is 11.1 Å². The van der Waals surface area contributed by atoms with Crippen LogP contribution in [0.3, 0.4) is 0 Å². The number of sulfonamides is 1. The minimum absolute atomic E-state index is 0.359. The second-order valence-corrected chi connectivity index (χ2v) is 8.91. The van der Waals surface area contributed by atoms with Gasteiger partial charge in [-0.15, -0.1) is 0 Å². The lowest BCUT2D eigenvalue weighted by Gasteiger charge is -2.34. The number of rotatable bonds is 4. The Labute approximate surface area is 152 Å². The molecule has 0 amide bonds. The third-order valence-corrected chi connectivity index (χ3v) is 6.88. The molecule has 0 spiro atoms. The second-order valence-electron chi connectivity index (χ2n) is 6.06. The van der Waals surface area contributed by atoms with Crippen molar-refractivity contribution < 1.29 is 8.42 Å². The Balaban J connectivity index is 1.64. The Morgan fingerprint density at radius 1 is 0.958 bits per heavy atom. The van der Waals surface area contributed by atoms with Crippen molar-refractivity contribution in [3.63, 3.8) is 0 Å². The molecule has 0 aromatic heterocycles. The fourth-order valence-electron chi connectivity index (χ4n) is 2.91. The van der Waals surface area contributed by atoms with Gasteiger partial charge >= 0.3 is 0 Å². The largest absolute Gasteiger partial charge is 0.296 e. The van der Waals surface area contributed by atoms with E-state index in [0.717, 1.165) is 24.1 Å². The van der Waals surface area contributed by atoms with Gasteiger partial charge in [0.2, 0.25) is 10.0 Å². The molecule has 0 aliphatic carbocycles. The van der Waals surface area contributed by atoms with E-state index in [-0.39, 0.29) is 0 Å². The van der Waals surface area contributed by atoms with Gasteiger partial charge in [0.05, 0.1) is 4.90 Å². The maximum absolute atomic E-state index is 12.7. The first kappa shape index (κ1) is 17.6. The number of benzene rings is 2. The molecule has 2 aromatic rings. The van der Waals surface area contributed by atoms with Gasteiger partial charge in [-0.05, 0) is 42.3 Å². The zero-order valence-electron chi connectivity index (χ0n) is 13.7. The van der Waals surface area contributed by atoms with Gasteiger partial charge in [0.1, 0.15) is 0 Å². The first-order valence-electron chi connectivity index (χ1n) is 7.99. The van der Waals surface area contributed by atoms with Crippen LogP contribution in [0.25, 0.3) is 0 Å². The summed E-state index contributed by atoms with van der Waals surface area (Å²) in [5, 5.41) is 0. The van der Waals surface area contributed by atoms with E-state index in [0.29, 0.717) is 18.0 Å². The third kappa shape index (κ3) is 3.88. The molecule has 0 atom stereocenters. The molecule has 0 saturated carbocycles. The van der Waals surface area contributed by atoms with E-state index in [9.17, 15) is 8.42 Å². The standard InChI is InChI=1S/C18H21BrN2O2S/c1-15-4-2-3-5-16(15)14-20-10-12-21(13-11-20)24(22,23)18-8-6-17(19)7-9-18/h2-9H,10-14H2,1H3. The first-order chi connectivity index (χ1) is 11.5. The fraction of sp³-hybridized carbons (Fsp3) is 0.333. The van der Waals surface area contributed by atoms with Crippen LogP contribution < -0.4 is 0 Å². The number of aryl methyl sites for hydroxylation is 1. The number of hydrogen-bond donors (Lipinski definition) is 0. The van der Waals surface area contributed by atoms with Gasteiger partial charge in [0.15, 0.2) is 0 Å². The maximum atomic E-state index is 12.7. The highest BCUT2D eigenvalue weighted by Crippen LogP contribution is 2.21. The van der Waals surface area contributed by atoms with Crippen molar-refractivity contribution in [3.05, 3.63) is 64.1 Å². The van der Waals surface area contributed by atoms with Gasteiger partial charge < -0.3 is 0 Å². The number of piperazine rings is 1. The molecule has 4 nitrogen and oxygen atoms in total. The Bertz CT molecular complexity index is 798. The number of hydrogen-bond acceptors (Lipinski definition) is 3. The van der Waals surface area contributed by atoms with E-state index in [1.54, 1.807) is 28.6 Å². The molecule has 2 aromatic carbocycles. The lowest BCUT2D eigenvalue weighted by atomic mass is 10.1. The van der Waals surface area contributed by atoms with Crippen molar-refractivity contribution in [1.29, 1.82) is 0 Å². The quantitative estimate of drug-likeness (QED) is 0.779. The number of nitrogens with zero attached hydrogens (tertiary/aromatic N) is 2. The van der Waals surface area contributed by atoms with Crippen LogP contribution in [0.15, 0.2) is 57.9 Å². The molecule has 1 aliphatic rings. The van der Waals surface area contributed by atoms with Crippen LogP contribution in [0, 0.1) is 6.92 Å². The second kappa shape index (κ2) is 7.35. The van der Waals surface area contributed by atoms with E-state index < -0.39 is 10.0 Å². The topological polar surface area (TPSA) is 40.6 Å². The van der Waals surface area contributed by atoms with Crippen molar-refractivity contribution in [2.75, 3.05) is 26.2 Å². The van der Waals surface area contributed by atoms with Gasteiger partial charge in [-0.1, -0.05) is 40.2 Å². The summed E-state index contributed by atoms with van der Waals surface area (Å²) < 4.78 is 27.9. The van der Waals surface area contributed by atoms with E-state index in [2.05, 4.69) is 46.0 Å². The summed E-state index contributed by atoms with van der Waals surface area (Å²) in [6, 6.07) is 15.2. The van der Waals surface area contributed by atoms with Gasteiger partial charge in [-0.25, -0.2) is 8.42 Å². The average Bonchev–Trinajstić information content (AvgIpc) is 2.58. The van der Waals surface area contributed by atoms with Crippen LogP contribution in [0.5, 0.6) is 0 Å². The molecule has 6 heteroatoms. The summed E-state index contributed by atoms with van der Waals surface area (Å²) in [4.78, 5) is 2.67. The Morgan fingerprint density at radius 3 is 2.21 bits per heavy atom. The summed E-state index contributed by atoms with van der Waals surface area (Å²) in [5.74, 6) is 0. The van der Waals surface area contributed by atoms with Gasteiger partial charge in [-0.3, -0.25) is 4.90 Å². The van der Waals surface area contributed by atoms with E-state index in [1.807, 2.05) is 6.07 Å². The molecule has 1 heterocycles. The van der Waals surface area contributed by atoms with Crippen LogP contribution in [-0.4, -0.2) is 43.8 Å². The molecule has 24 heavy (non-hydrogen) atoms. The van der Waals surface area contributed by atoms with E-state index >= 15 is 0 Å². The highest BCUT2D eigenvalue weighted by molar-refractivity contribution is 9.10. The molecule has 0 radical (unpaired) electrons. The molecule has 1 saturated heterocycles. The minimum Gasteiger partial charge on any atom is -0.296 e. The summed E-state index contributed by atoms with van der Waals surface area (Å²) in [5.41, 5.74) is 2.59. The summed E-state index contributed by atoms with van der Waals surface area (Å²) in [6.07, 6.45) is 0. The van der Waals surface area contributed by atoms with Crippen LogP contribution in [-0.2, 0) is 16.6 Å². The Hall–Kier alpha value is -1.21. The molecule has 0 N–H and O–H groups in total. The Morgan fingerprint density at radius 2 is 1.58 bits per heavy atom. The average molecular weight is 409 g/mol.